The minimum Gasteiger partial charge on any atom is -0.497 e. The minimum atomic E-state index is 0.397. The Morgan fingerprint density at radius 3 is 2.91 bits per heavy atom. The molecule has 1 N–H and O–H groups in total. The van der Waals surface area contributed by atoms with Crippen LogP contribution in [0.2, 0.25) is 5.02 Å². The number of benzene rings is 2. The Bertz CT molecular complexity index is 979. The third-order valence-corrected chi connectivity index (χ3v) is 4.33. The van der Waals surface area contributed by atoms with Gasteiger partial charge in [0.25, 0.3) is 0 Å². The van der Waals surface area contributed by atoms with Crippen molar-refractivity contribution in [2.45, 2.75) is 0 Å². The van der Waals surface area contributed by atoms with E-state index in [2.05, 4.69) is 15.3 Å². The van der Waals surface area contributed by atoms with Gasteiger partial charge in [-0.2, -0.15) is 4.98 Å². The summed E-state index contributed by atoms with van der Waals surface area (Å²) in [5.74, 6) is 0.738. The molecular formula is C15H10ClN3O2S. The third-order valence-electron chi connectivity index (χ3n) is 3.16. The number of hydrogen-bond acceptors (Lipinski definition) is 6. The molecule has 0 saturated heterocycles. The molecule has 7 heteroatoms. The van der Waals surface area contributed by atoms with Gasteiger partial charge in [-0.15, -0.1) is 0 Å². The van der Waals surface area contributed by atoms with Gasteiger partial charge in [0.2, 0.25) is 0 Å². The van der Waals surface area contributed by atoms with E-state index in [4.69, 9.17) is 20.8 Å². The predicted molar refractivity (Wildman–Crippen MR) is 88.5 cm³/mol. The third kappa shape index (κ3) is 2.36. The van der Waals surface area contributed by atoms with E-state index in [0.29, 0.717) is 21.8 Å². The molecule has 0 spiro atoms. The minimum absolute atomic E-state index is 0.397. The monoisotopic (exact) mass is 331 g/mol. The van der Waals surface area contributed by atoms with Crippen LogP contribution < -0.4 is 10.1 Å². The number of rotatable bonds is 3. The van der Waals surface area contributed by atoms with Crippen molar-refractivity contribution >= 4 is 55.4 Å². The van der Waals surface area contributed by atoms with E-state index in [1.54, 1.807) is 7.11 Å². The molecule has 0 saturated carbocycles. The molecule has 0 fully saturated rings. The average Bonchev–Trinajstić information content (AvgIpc) is 3.08. The quantitative estimate of drug-likeness (QED) is 0.582. The standard InChI is InChI=1S/C15H10ClN3O2S/c1-20-9-3-5-12-11(7-9)17-14(21-12)19-15-18-10-4-2-8(16)6-13(10)22-15/h2-7H,1H3,(H,17,18,19). The van der Waals surface area contributed by atoms with Gasteiger partial charge in [-0.05, 0) is 30.3 Å². The number of thiazole rings is 1. The van der Waals surface area contributed by atoms with Crippen LogP contribution in [0.4, 0.5) is 11.1 Å². The normalized spacial score (nSPS) is 11.2. The van der Waals surface area contributed by atoms with E-state index in [9.17, 15) is 0 Å². The van der Waals surface area contributed by atoms with Crippen LogP contribution in [0.5, 0.6) is 5.75 Å². The van der Waals surface area contributed by atoms with Crippen LogP contribution in [-0.2, 0) is 0 Å². The highest BCUT2D eigenvalue weighted by molar-refractivity contribution is 7.22. The van der Waals surface area contributed by atoms with E-state index in [-0.39, 0.29) is 0 Å². The molecule has 0 bridgehead atoms. The Balaban J connectivity index is 1.69. The first-order valence-corrected chi connectivity index (χ1v) is 7.68. The Hall–Kier alpha value is -2.31. The number of methoxy groups -OCH3 is 1. The number of fused-ring (bicyclic) bond motifs is 2. The zero-order chi connectivity index (χ0) is 15.1. The van der Waals surface area contributed by atoms with Crippen molar-refractivity contribution in [3.8, 4) is 5.75 Å². The summed E-state index contributed by atoms with van der Waals surface area (Å²) in [6.45, 7) is 0. The summed E-state index contributed by atoms with van der Waals surface area (Å²) in [5, 5.41) is 4.48. The molecule has 2 aromatic carbocycles. The van der Waals surface area contributed by atoms with Gasteiger partial charge in [0.05, 0.1) is 17.3 Å². The maximum atomic E-state index is 5.99. The summed E-state index contributed by atoms with van der Waals surface area (Å²) >= 11 is 7.48. The van der Waals surface area contributed by atoms with Crippen LogP contribution in [0.3, 0.4) is 0 Å². The number of aromatic nitrogens is 2. The van der Waals surface area contributed by atoms with E-state index in [1.165, 1.54) is 11.3 Å². The molecule has 0 amide bonds. The van der Waals surface area contributed by atoms with Gasteiger partial charge in [-0.1, -0.05) is 22.9 Å². The lowest BCUT2D eigenvalue weighted by Gasteiger charge is -1.95. The SMILES string of the molecule is COc1ccc2oc(Nc3nc4ccc(Cl)cc4s3)nc2c1. The molecule has 2 aromatic heterocycles. The van der Waals surface area contributed by atoms with Crippen LogP contribution in [-0.4, -0.2) is 17.1 Å². The first-order chi connectivity index (χ1) is 10.7. The van der Waals surface area contributed by atoms with Crippen molar-refractivity contribution in [2.75, 3.05) is 12.4 Å². The Morgan fingerprint density at radius 2 is 2.05 bits per heavy atom. The number of hydrogen-bond donors (Lipinski definition) is 1. The summed E-state index contributed by atoms with van der Waals surface area (Å²) in [6, 6.07) is 11.5. The second-order valence-corrected chi connectivity index (χ2v) is 6.08. The van der Waals surface area contributed by atoms with Crippen LogP contribution in [0, 0.1) is 0 Å². The molecule has 0 unspecified atom stereocenters. The van der Waals surface area contributed by atoms with Gasteiger partial charge in [0, 0.05) is 11.1 Å². The Kier molecular flexibility index (Phi) is 3.13. The Morgan fingerprint density at radius 1 is 1.14 bits per heavy atom. The molecule has 110 valence electrons. The maximum Gasteiger partial charge on any atom is 0.302 e. The molecule has 2 heterocycles. The predicted octanol–water partition coefficient (Wildman–Crippen LogP) is 4.84. The highest BCUT2D eigenvalue weighted by Gasteiger charge is 2.10. The number of anilines is 2. The van der Waals surface area contributed by atoms with Gasteiger partial charge in [-0.3, -0.25) is 5.32 Å². The smallest absolute Gasteiger partial charge is 0.302 e. The first-order valence-electron chi connectivity index (χ1n) is 6.49. The van der Waals surface area contributed by atoms with Crippen molar-refractivity contribution < 1.29 is 9.15 Å². The van der Waals surface area contributed by atoms with Crippen LogP contribution in [0.15, 0.2) is 40.8 Å². The lowest BCUT2D eigenvalue weighted by Crippen LogP contribution is -1.88. The lowest BCUT2D eigenvalue weighted by atomic mass is 10.3. The van der Waals surface area contributed by atoms with Gasteiger partial charge in [0.15, 0.2) is 10.7 Å². The average molecular weight is 332 g/mol. The van der Waals surface area contributed by atoms with Crippen molar-refractivity contribution in [3.63, 3.8) is 0 Å². The molecule has 0 aliphatic heterocycles. The summed E-state index contributed by atoms with van der Waals surface area (Å²) in [5.41, 5.74) is 2.30. The molecule has 0 aliphatic carbocycles. The number of nitrogens with one attached hydrogen (secondary N) is 1. The second kappa shape index (κ2) is 5.15. The topological polar surface area (TPSA) is 60.2 Å². The highest BCUT2D eigenvalue weighted by atomic mass is 35.5. The molecule has 4 rings (SSSR count). The summed E-state index contributed by atoms with van der Waals surface area (Å²) < 4.78 is 11.8. The molecular weight excluding hydrogens is 322 g/mol. The molecule has 0 aliphatic rings. The van der Waals surface area contributed by atoms with E-state index < -0.39 is 0 Å². The summed E-state index contributed by atoms with van der Waals surface area (Å²) in [6.07, 6.45) is 0. The van der Waals surface area contributed by atoms with Crippen molar-refractivity contribution in [1.82, 2.24) is 9.97 Å². The lowest BCUT2D eigenvalue weighted by molar-refractivity contribution is 0.415. The van der Waals surface area contributed by atoms with Gasteiger partial charge < -0.3 is 9.15 Å². The molecule has 0 radical (unpaired) electrons. The maximum absolute atomic E-state index is 5.99. The number of ether oxygens (including phenoxy) is 1. The highest BCUT2D eigenvalue weighted by Crippen LogP contribution is 2.31. The van der Waals surface area contributed by atoms with E-state index >= 15 is 0 Å². The fraction of sp³-hybridized carbons (Fsp3) is 0.0667. The van der Waals surface area contributed by atoms with Gasteiger partial charge >= 0.3 is 6.01 Å². The fourth-order valence-corrected chi connectivity index (χ4v) is 3.26. The molecule has 0 atom stereocenters. The molecule has 4 aromatic rings. The summed E-state index contributed by atoms with van der Waals surface area (Å²) in [4.78, 5) is 8.86. The molecule has 22 heavy (non-hydrogen) atoms. The number of oxazole rings is 1. The van der Waals surface area contributed by atoms with Crippen LogP contribution in [0.25, 0.3) is 21.3 Å². The molecule has 5 nitrogen and oxygen atoms in total. The summed E-state index contributed by atoms with van der Waals surface area (Å²) in [7, 11) is 1.62. The largest absolute Gasteiger partial charge is 0.497 e. The zero-order valence-corrected chi connectivity index (χ0v) is 13.0. The Labute approximate surface area is 134 Å². The van der Waals surface area contributed by atoms with Crippen molar-refractivity contribution in [2.24, 2.45) is 0 Å². The van der Waals surface area contributed by atoms with Crippen LogP contribution in [0.1, 0.15) is 0 Å². The fourth-order valence-electron chi connectivity index (χ4n) is 2.13. The van der Waals surface area contributed by atoms with E-state index in [0.717, 1.165) is 21.5 Å². The zero-order valence-electron chi connectivity index (χ0n) is 11.5. The number of nitrogens with zero attached hydrogens (tertiary/aromatic N) is 2. The first kappa shape index (κ1) is 13.4. The van der Waals surface area contributed by atoms with Crippen molar-refractivity contribution in [1.29, 1.82) is 0 Å². The van der Waals surface area contributed by atoms with Gasteiger partial charge in [-0.25, -0.2) is 4.98 Å². The van der Waals surface area contributed by atoms with Crippen molar-refractivity contribution in [3.05, 3.63) is 41.4 Å². The van der Waals surface area contributed by atoms with Crippen LogP contribution >= 0.6 is 22.9 Å². The number of halogens is 1. The second-order valence-electron chi connectivity index (χ2n) is 4.61. The van der Waals surface area contributed by atoms with Gasteiger partial charge in [0.1, 0.15) is 11.3 Å². The van der Waals surface area contributed by atoms with E-state index in [1.807, 2.05) is 36.4 Å².